The number of anilines is 1. The summed E-state index contributed by atoms with van der Waals surface area (Å²) in [6.07, 6.45) is 7.25. The average molecular weight is 453 g/mol. The van der Waals surface area contributed by atoms with Crippen molar-refractivity contribution in [1.29, 1.82) is 0 Å². The fourth-order valence-electron chi connectivity index (χ4n) is 4.63. The molecule has 1 aliphatic carbocycles. The van der Waals surface area contributed by atoms with E-state index in [1.807, 2.05) is 50.6 Å². The average Bonchev–Trinajstić information content (AvgIpc) is 3.27. The first-order valence-corrected chi connectivity index (χ1v) is 11.3. The van der Waals surface area contributed by atoms with E-state index in [1.165, 1.54) is 0 Å². The maximum absolute atomic E-state index is 13.0. The number of nitrogens with zero attached hydrogens (tertiary/aromatic N) is 3. The van der Waals surface area contributed by atoms with Gasteiger partial charge in [-0.15, -0.1) is 0 Å². The molecule has 1 fully saturated rings. The Kier molecular flexibility index (Phi) is 6.74. The van der Waals surface area contributed by atoms with Crippen LogP contribution >= 0.6 is 0 Å². The molecule has 33 heavy (non-hydrogen) atoms. The minimum atomic E-state index is -0.576. The summed E-state index contributed by atoms with van der Waals surface area (Å²) >= 11 is 0. The van der Waals surface area contributed by atoms with E-state index in [9.17, 15) is 9.90 Å². The highest BCUT2D eigenvalue weighted by Gasteiger charge is 2.31. The number of hydrogen-bond acceptors (Lipinski definition) is 6. The van der Waals surface area contributed by atoms with Crippen LogP contribution in [-0.2, 0) is 13.6 Å². The second-order valence-electron chi connectivity index (χ2n) is 8.58. The molecule has 0 aliphatic heterocycles. The molecule has 4 rings (SSSR count). The van der Waals surface area contributed by atoms with Crippen molar-refractivity contribution in [3.05, 3.63) is 58.8 Å². The first-order chi connectivity index (χ1) is 15.9. The van der Waals surface area contributed by atoms with Crippen LogP contribution < -0.4 is 20.3 Å². The zero-order chi connectivity index (χ0) is 23.5. The first kappa shape index (κ1) is 22.9. The van der Waals surface area contributed by atoms with Crippen molar-refractivity contribution in [3.63, 3.8) is 0 Å². The molecule has 176 valence electrons. The van der Waals surface area contributed by atoms with Crippen LogP contribution in [-0.4, -0.2) is 45.8 Å². The zero-order valence-corrected chi connectivity index (χ0v) is 19.6. The molecule has 0 amide bonds. The van der Waals surface area contributed by atoms with Gasteiger partial charge >= 0.3 is 0 Å². The van der Waals surface area contributed by atoms with Gasteiger partial charge in [-0.05, 0) is 55.9 Å². The summed E-state index contributed by atoms with van der Waals surface area (Å²) in [7, 11) is 5.11. The first-order valence-electron chi connectivity index (χ1n) is 11.3. The molecule has 2 heterocycles. The number of methoxy groups -OCH3 is 2. The third-order valence-electron chi connectivity index (χ3n) is 6.50. The maximum atomic E-state index is 13.0. The number of aliphatic hydroxyl groups is 1. The molecule has 8 nitrogen and oxygen atoms in total. The number of ether oxygens (including phenoxy) is 2. The Morgan fingerprint density at radius 1 is 1.12 bits per heavy atom. The number of aliphatic hydroxyl groups excluding tert-OH is 1. The lowest BCUT2D eigenvalue weighted by Crippen LogP contribution is -2.40. The third kappa shape index (κ3) is 4.75. The molecule has 1 aromatic carbocycles. The van der Waals surface area contributed by atoms with Gasteiger partial charge in [-0.3, -0.25) is 9.48 Å². The van der Waals surface area contributed by atoms with Crippen LogP contribution in [0.3, 0.4) is 0 Å². The number of pyridine rings is 1. The summed E-state index contributed by atoms with van der Waals surface area (Å²) in [5.41, 5.74) is 3.41. The molecule has 3 unspecified atom stereocenters. The Labute approximate surface area is 193 Å². The standard InChI is InChI=1S/C25H32N4O4/c1-5-29-15-18(19-13-26-28(2)14-19)10-21(25(29)31)27-20-8-6-16(11-22(20)30)17-7-9-23(32-3)24(12-17)33-4/h7,9-10,12-16,20,22,27,30H,5-6,8,11H2,1-4H3. The highest BCUT2D eigenvalue weighted by molar-refractivity contribution is 5.65. The molecule has 3 aromatic rings. The maximum Gasteiger partial charge on any atom is 0.273 e. The van der Waals surface area contributed by atoms with Crippen LogP contribution in [0.1, 0.15) is 37.7 Å². The predicted molar refractivity (Wildman–Crippen MR) is 128 cm³/mol. The van der Waals surface area contributed by atoms with Crippen molar-refractivity contribution < 1.29 is 14.6 Å². The minimum absolute atomic E-state index is 0.0839. The quantitative estimate of drug-likeness (QED) is 0.571. The van der Waals surface area contributed by atoms with Gasteiger partial charge in [0.25, 0.3) is 5.56 Å². The topological polar surface area (TPSA) is 90.5 Å². The number of aryl methyl sites for hydroxylation is 2. The van der Waals surface area contributed by atoms with Crippen molar-refractivity contribution in [3.8, 4) is 22.6 Å². The van der Waals surface area contributed by atoms with E-state index >= 15 is 0 Å². The molecule has 8 heteroatoms. The molecule has 2 aromatic heterocycles. The van der Waals surface area contributed by atoms with E-state index in [-0.39, 0.29) is 17.5 Å². The van der Waals surface area contributed by atoms with Crippen molar-refractivity contribution in [2.24, 2.45) is 7.05 Å². The molecule has 1 saturated carbocycles. The Bertz CT molecular complexity index is 1170. The number of nitrogens with one attached hydrogen (secondary N) is 1. The van der Waals surface area contributed by atoms with E-state index < -0.39 is 6.10 Å². The third-order valence-corrected chi connectivity index (χ3v) is 6.50. The van der Waals surface area contributed by atoms with E-state index in [0.717, 1.165) is 29.5 Å². The van der Waals surface area contributed by atoms with Crippen LogP contribution in [0.25, 0.3) is 11.1 Å². The van der Waals surface area contributed by atoms with Gasteiger partial charge in [0.15, 0.2) is 11.5 Å². The van der Waals surface area contributed by atoms with Gasteiger partial charge in [0.1, 0.15) is 5.69 Å². The SMILES string of the molecule is CCn1cc(-c2cnn(C)c2)cc(NC2CCC(c3ccc(OC)c(OC)c3)CC2O)c1=O. The van der Waals surface area contributed by atoms with Gasteiger partial charge in [0.2, 0.25) is 0 Å². The minimum Gasteiger partial charge on any atom is -0.493 e. The predicted octanol–water partition coefficient (Wildman–Crippen LogP) is 3.40. The lowest BCUT2D eigenvalue weighted by Gasteiger charge is -2.34. The smallest absolute Gasteiger partial charge is 0.273 e. The van der Waals surface area contributed by atoms with E-state index in [4.69, 9.17) is 9.47 Å². The number of rotatable bonds is 7. The van der Waals surface area contributed by atoms with E-state index in [2.05, 4.69) is 10.4 Å². The van der Waals surface area contributed by atoms with Gasteiger partial charge < -0.3 is 24.5 Å². The van der Waals surface area contributed by atoms with Gasteiger partial charge in [0.05, 0.1) is 32.6 Å². The summed E-state index contributed by atoms with van der Waals surface area (Å²) in [6, 6.07) is 7.59. The fraction of sp³-hybridized carbons (Fsp3) is 0.440. The van der Waals surface area contributed by atoms with Gasteiger partial charge in [-0.25, -0.2) is 0 Å². The fourth-order valence-corrected chi connectivity index (χ4v) is 4.63. The van der Waals surface area contributed by atoms with E-state index in [1.54, 1.807) is 29.7 Å². The molecular formula is C25H32N4O4. The lowest BCUT2D eigenvalue weighted by molar-refractivity contribution is 0.106. The Hall–Kier alpha value is -3.26. The molecule has 0 bridgehead atoms. The summed E-state index contributed by atoms with van der Waals surface area (Å²) < 4.78 is 14.2. The number of hydrogen-bond donors (Lipinski definition) is 2. The van der Waals surface area contributed by atoms with Crippen molar-refractivity contribution in [1.82, 2.24) is 14.3 Å². The largest absolute Gasteiger partial charge is 0.493 e. The molecule has 0 spiro atoms. The Balaban J connectivity index is 1.52. The molecule has 2 N–H and O–H groups in total. The molecule has 0 radical (unpaired) electrons. The van der Waals surface area contributed by atoms with Gasteiger partial charge in [-0.1, -0.05) is 6.07 Å². The van der Waals surface area contributed by atoms with Gasteiger partial charge in [-0.2, -0.15) is 5.10 Å². The van der Waals surface area contributed by atoms with Crippen LogP contribution in [0.2, 0.25) is 0 Å². The summed E-state index contributed by atoms with van der Waals surface area (Å²) in [4.78, 5) is 13.0. The Morgan fingerprint density at radius 3 is 2.55 bits per heavy atom. The second kappa shape index (κ2) is 9.70. The van der Waals surface area contributed by atoms with Crippen LogP contribution in [0.15, 0.2) is 47.7 Å². The zero-order valence-electron chi connectivity index (χ0n) is 19.6. The van der Waals surface area contributed by atoms with Gasteiger partial charge in [0, 0.05) is 37.1 Å². The number of benzene rings is 1. The van der Waals surface area contributed by atoms with Crippen molar-refractivity contribution >= 4 is 5.69 Å². The lowest BCUT2D eigenvalue weighted by atomic mass is 9.80. The number of aromatic nitrogens is 3. The summed E-state index contributed by atoms with van der Waals surface area (Å²) in [5.74, 6) is 1.60. The monoisotopic (exact) mass is 452 g/mol. The molecule has 0 saturated heterocycles. The molecular weight excluding hydrogens is 420 g/mol. The van der Waals surface area contributed by atoms with Crippen LogP contribution in [0.5, 0.6) is 11.5 Å². The molecule has 1 aliphatic rings. The summed E-state index contributed by atoms with van der Waals surface area (Å²) in [6.45, 7) is 2.51. The normalized spacial score (nSPS) is 20.5. The van der Waals surface area contributed by atoms with Crippen molar-refractivity contribution in [2.45, 2.75) is 50.8 Å². The van der Waals surface area contributed by atoms with Crippen LogP contribution in [0.4, 0.5) is 5.69 Å². The van der Waals surface area contributed by atoms with Crippen LogP contribution in [0, 0.1) is 0 Å². The Morgan fingerprint density at radius 2 is 1.91 bits per heavy atom. The molecule has 3 atom stereocenters. The summed E-state index contributed by atoms with van der Waals surface area (Å²) in [5, 5.41) is 18.5. The van der Waals surface area contributed by atoms with Crippen molar-refractivity contribution in [2.75, 3.05) is 19.5 Å². The second-order valence-corrected chi connectivity index (χ2v) is 8.58. The van der Waals surface area contributed by atoms with E-state index in [0.29, 0.717) is 30.2 Å². The highest BCUT2D eigenvalue weighted by atomic mass is 16.5. The highest BCUT2D eigenvalue weighted by Crippen LogP contribution is 2.38.